The lowest BCUT2D eigenvalue weighted by Crippen LogP contribution is -2.26. The maximum Gasteiger partial charge on any atom is 0.356 e. The fourth-order valence-corrected chi connectivity index (χ4v) is 2.78. The standard InChI is InChI=1S/C10H15N3O4S/c1-10(4-5-10)18(15,16)12-8-6-7(9(14)17-3)13(2)11-8/h6H,4-5H2,1-3H3,(H,11,12). The summed E-state index contributed by atoms with van der Waals surface area (Å²) in [5.41, 5.74) is 0.191. The van der Waals surface area contributed by atoms with Gasteiger partial charge in [0.1, 0.15) is 5.69 Å². The number of aryl methyl sites for hydroxylation is 1. The van der Waals surface area contributed by atoms with Crippen molar-refractivity contribution >= 4 is 21.8 Å². The highest BCUT2D eigenvalue weighted by Crippen LogP contribution is 2.43. The summed E-state index contributed by atoms with van der Waals surface area (Å²) in [6, 6.07) is 1.36. The van der Waals surface area contributed by atoms with Crippen LogP contribution in [0.3, 0.4) is 0 Å². The Morgan fingerprint density at radius 2 is 2.17 bits per heavy atom. The molecule has 7 nitrogen and oxygen atoms in total. The van der Waals surface area contributed by atoms with Crippen molar-refractivity contribution in [3.8, 4) is 0 Å². The van der Waals surface area contributed by atoms with E-state index in [0.717, 1.165) is 0 Å². The van der Waals surface area contributed by atoms with E-state index in [-0.39, 0.29) is 11.5 Å². The molecule has 1 N–H and O–H groups in total. The summed E-state index contributed by atoms with van der Waals surface area (Å²) < 4.78 is 31.5. The first-order valence-corrected chi connectivity index (χ1v) is 6.92. The summed E-state index contributed by atoms with van der Waals surface area (Å²) in [5, 5.41) is 3.93. The predicted octanol–water partition coefficient (Wildman–Crippen LogP) is 0.501. The van der Waals surface area contributed by atoms with Gasteiger partial charge in [-0.1, -0.05) is 0 Å². The lowest BCUT2D eigenvalue weighted by molar-refractivity contribution is 0.0588. The van der Waals surface area contributed by atoms with E-state index in [0.29, 0.717) is 12.8 Å². The summed E-state index contributed by atoms with van der Waals surface area (Å²) in [6.07, 6.45) is 1.28. The molecule has 1 aliphatic rings. The minimum atomic E-state index is -3.45. The van der Waals surface area contributed by atoms with Gasteiger partial charge in [0.2, 0.25) is 10.0 Å². The van der Waals surface area contributed by atoms with Gasteiger partial charge >= 0.3 is 5.97 Å². The normalized spacial score (nSPS) is 17.3. The number of carbonyl (C=O) groups excluding carboxylic acids is 1. The van der Waals surface area contributed by atoms with Gasteiger partial charge in [0, 0.05) is 13.1 Å². The molecule has 1 saturated carbocycles. The van der Waals surface area contributed by atoms with E-state index in [1.165, 1.54) is 17.9 Å². The van der Waals surface area contributed by atoms with Crippen LogP contribution >= 0.6 is 0 Å². The van der Waals surface area contributed by atoms with E-state index < -0.39 is 20.7 Å². The van der Waals surface area contributed by atoms with Crippen molar-refractivity contribution in [1.82, 2.24) is 9.78 Å². The van der Waals surface area contributed by atoms with Crippen LogP contribution in [-0.2, 0) is 21.8 Å². The maximum atomic E-state index is 12.0. The zero-order valence-corrected chi connectivity index (χ0v) is 11.2. The number of ether oxygens (including phenoxy) is 1. The fourth-order valence-electron chi connectivity index (χ4n) is 1.52. The van der Waals surface area contributed by atoms with Crippen LogP contribution < -0.4 is 4.72 Å². The first-order chi connectivity index (χ1) is 8.29. The second-order valence-corrected chi connectivity index (χ2v) is 6.78. The molecule has 18 heavy (non-hydrogen) atoms. The third-order valence-corrected chi connectivity index (χ3v) is 5.30. The number of nitrogens with zero attached hydrogens (tertiary/aromatic N) is 2. The maximum absolute atomic E-state index is 12.0. The molecular weight excluding hydrogens is 258 g/mol. The number of aromatic nitrogens is 2. The molecule has 100 valence electrons. The third kappa shape index (κ3) is 2.07. The van der Waals surface area contributed by atoms with Crippen LogP contribution in [0.25, 0.3) is 0 Å². The van der Waals surface area contributed by atoms with Crippen molar-refractivity contribution in [3.05, 3.63) is 11.8 Å². The Kier molecular flexibility index (Phi) is 2.84. The first kappa shape index (κ1) is 12.9. The Hall–Kier alpha value is -1.57. The molecule has 0 saturated heterocycles. The molecule has 1 aromatic heterocycles. The number of esters is 1. The van der Waals surface area contributed by atoms with Crippen LogP contribution in [0, 0.1) is 0 Å². The van der Waals surface area contributed by atoms with Gasteiger partial charge in [0.25, 0.3) is 0 Å². The Morgan fingerprint density at radius 1 is 1.56 bits per heavy atom. The number of hydrogen-bond acceptors (Lipinski definition) is 5. The highest BCUT2D eigenvalue weighted by Gasteiger charge is 2.50. The minimum Gasteiger partial charge on any atom is -0.464 e. The molecule has 0 radical (unpaired) electrons. The number of carbonyl (C=O) groups is 1. The molecule has 0 bridgehead atoms. The van der Waals surface area contributed by atoms with E-state index in [9.17, 15) is 13.2 Å². The number of hydrogen-bond donors (Lipinski definition) is 1. The molecule has 0 atom stereocenters. The summed E-state index contributed by atoms with van der Waals surface area (Å²) in [6.45, 7) is 1.68. The number of rotatable bonds is 4. The van der Waals surface area contributed by atoms with E-state index in [2.05, 4.69) is 14.6 Å². The summed E-state index contributed by atoms with van der Waals surface area (Å²) >= 11 is 0. The van der Waals surface area contributed by atoms with Gasteiger partial charge in [-0.2, -0.15) is 5.10 Å². The summed E-state index contributed by atoms with van der Waals surface area (Å²) in [5.74, 6) is -0.431. The van der Waals surface area contributed by atoms with Gasteiger partial charge in [-0.05, 0) is 19.8 Å². The van der Waals surface area contributed by atoms with Gasteiger partial charge in [-0.25, -0.2) is 13.2 Å². The molecular formula is C10H15N3O4S. The second kappa shape index (κ2) is 3.98. The molecule has 1 heterocycles. The lowest BCUT2D eigenvalue weighted by Gasteiger charge is -2.10. The summed E-state index contributed by atoms with van der Waals surface area (Å²) in [4.78, 5) is 11.4. The Bertz CT molecular complexity index is 586. The zero-order valence-electron chi connectivity index (χ0n) is 10.4. The van der Waals surface area contributed by atoms with Crippen LogP contribution in [0.5, 0.6) is 0 Å². The average Bonchev–Trinajstić information content (AvgIpc) is 2.94. The van der Waals surface area contributed by atoms with Crippen LogP contribution in [-0.4, -0.2) is 36.0 Å². The van der Waals surface area contributed by atoms with Crippen LogP contribution in [0.1, 0.15) is 30.3 Å². The molecule has 0 spiro atoms. The number of anilines is 1. The van der Waals surface area contributed by atoms with Crippen molar-refractivity contribution in [2.24, 2.45) is 7.05 Å². The van der Waals surface area contributed by atoms with Crippen LogP contribution in [0.4, 0.5) is 5.82 Å². The lowest BCUT2D eigenvalue weighted by atomic mass is 10.4. The Labute approximate surface area is 105 Å². The minimum absolute atomic E-state index is 0.131. The van der Waals surface area contributed by atoms with Crippen molar-refractivity contribution < 1.29 is 17.9 Å². The quantitative estimate of drug-likeness (QED) is 0.807. The molecule has 1 aromatic rings. The third-order valence-electron chi connectivity index (χ3n) is 3.12. The Balaban J connectivity index is 2.24. The molecule has 1 aliphatic carbocycles. The average molecular weight is 273 g/mol. The Morgan fingerprint density at radius 3 is 2.67 bits per heavy atom. The first-order valence-electron chi connectivity index (χ1n) is 5.44. The van der Waals surface area contributed by atoms with Gasteiger partial charge in [-0.15, -0.1) is 0 Å². The number of methoxy groups -OCH3 is 1. The van der Waals surface area contributed by atoms with Crippen molar-refractivity contribution in [1.29, 1.82) is 0 Å². The van der Waals surface area contributed by atoms with E-state index in [1.54, 1.807) is 14.0 Å². The fraction of sp³-hybridized carbons (Fsp3) is 0.600. The predicted molar refractivity (Wildman–Crippen MR) is 64.7 cm³/mol. The summed E-state index contributed by atoms with van der Waals surface area (Å²) in [7, 11) is -0.655. The van der Waals surface area contributed by atoms with Crippen LogP contribution in [0.15, 0.2) is 6.07 Å². The van der Waals surface area contributed by atoms with Crippen molar-refractivity contribution in [2.75, 3.05) is 11.8 Å². The molecule has 8 heteroatoms. The molecule has 1 fully saturated rings. The molecule has 0 aliphatic heterocycles. The molecule has 0 amide bonds. The molecule has 0 aromatic carbocycles. The molecule has 0 unspecified atom stereocenters. The second-order valence-electron chi connectivity index (χ2n) is 4.59. The van der Waals surface area contributed by atoms with E-state index in [4.69, 9.17) is 0 Å². The topological polar surface area (TPSA) is 90.3 Å². The van der Waals surface area contributed by atoms with Gasteiger partial charge < -0.3 is 4.74 Å². The van der Waals surface area contributed by atoms with Gasteiger partial charge in [0.15, 0.2) is 5.82 Å². The van der Waals surface area contributed by atoms with Gasteiger partial charge in [-0.3, -0.25) is 9.40 Å². The largest absolute Gasteiger partial charge is 0.464 e. The van der Waals surface area contributed by atoms with Crippen LogP contribution in [0.2, 0.25) is 0 Å². The van der Waals surface area contributed by atoms with Gasteiger partial charge in [0.05, 0.1) is 11.9 Å². The van der Waals surface area contributed by atoms with E-state index >= 15 is 0 Å². The van der Waals surface area contributed by atoms with E-state index in [1.807, 2.05) is 0 Å². The van der Waals surface area contributed by atoms with Crippen molar-refractivity contribution in [2.45, 2.75) is 24.5 Å². The SMILES string of the molecule is COC(=O)c1cc(NS(=O)(=O)C2(C)CC2)nn1C. The number of sulfonamides is 1. The highest BCUT2D eigenvalue weighted by molar-refractivity contribution is 7.94. The van der Waals surface area contributed by atoms with Crippen molar-refractivity contribution in [3.63, 3.8) is 0 Å². The monoisotopic (exact) mass is 273 g/mol. The highest BCUT2D eigenvalue weighted by atomic mass is 32.2. The smallest absolute Gasteiger partial charge is 0.356 e. The number of nitrogens with one attached hydrogen (secondary N) is 1. The zero-order chi connectivity index (χ0) is 13.6. The molecule has 2 rings (SSSR count).